The zero-order chi connectivity index (χ0) is 13.8. The van der Waals surface area contributed by atoms with Gasteiger partial charge in [-0.25, -0.2) is 8.42 Å². The number of hydrogen-bond acceptors (Lipinski definition) is 3. The third-order valence-corrected chi connectivity index (χ3v) is 4.85. The highest BCUT2D eigenvalue weighted by molar-refractivity contribution is 7.91. The fourth-order valence-electron chi connectivity index (χ4n) is 1.68. The van der Waals surface area contributed by atoms with Gasteiger partial charge in [0.25, 0.3) is 0 Å². The van der Waals surface area contributed by atoms with Gasteiger partial charge in [0.15, 0.2) is 9.84 Å². The number of rotatable bonds is 6. The molecule has 1 rings (SSSR count). The summed E-state index contributed by atoms with van der Waals surface area (Å²) in [5, 5.41) is 0.0856. The van der Waals surface area contributed by atoms with Crippen LogP contribution in [0.1, 0.15) is 20.3 Å². The van der Waals surface area contributed by atoms with Crippen molar-refractivity contribution in [3.63, 3.8) is 0 Å². The Labute approximate surface area is 115 Å². The highest BCUT2D eigenvalue weighted by Crippen LogP contribution is 2.25. The van der Waals surface area contributed by atoms with Gasteiger partial charge in [-0.2, -0.15) is 0 Å². The second-order valence-electron chi connectivity index (χ2n) is 4.36. The van der Waals surface area contributed by atoms with E-state index < -0.39 is 9.84 Å². The number of hydrogen-bond donors (Lipinski definition) is 0. The Morgan fingerprint density at radius 3 is 2.50 bits per heavy atom. The van der Waals surface area contributed by atoms with Crippen molar-refractivity contribution in [3.05, 3.63) is 24.3 Å². The van der Waals surface area contributed by atoms with Crippen molar-refractivity contribution in [2.45, 2.75) is 30.5 Å². The van der Waals surface area contributed by atoms with Gasteiger partial charge in [0.1, 0.15) is 0 Å². The van der Waals surface area contributed by atoms with E-state index in [-0.39, 0.29) is 11.1 Å². The Morgan fingerprint density at radius 1 is 1.33 bits per heavy atom. The predicted octanol–water partition coefficient (Wildman–Crippen LogP) is 2.93. The van der Waals surface area contributed by atoms with Crippen LogP contribution in [0.2, 0.25) is 0 Å². The summed E-state index contributed by atoms with van der Waals surface area (Å²) >= 11 is 5.92. The predicted molar refractivity (Wildman–Crippen MR) is 77.4 cm³/mol. The van der Waals surface area contributed by atoms with Gasteiger partial charge >= 0.3 is 0 Å². The maximum atomic E-state index is 12.0. The zero-order valence-corrected chi connectivity index (χ0v) is 12.6. The number of para-hydroxylation sites is 1. The first-order chi connectivity index (χ1) is 8.38. The molecule has 0 aliphatic carbocycles. The number of nitrogens with zero attached hydrogens (tertiary/aromatic N) is 1. The summed E-state index contributed by atoms with van der Waals surface area (Å²) in [6.45, 7) is 4.33. The van der Waals surface area contributed by atoms with Crippen LogP contribution < -0.4 is 4.90 Å². The Bertz CT molecular complexity index is 486. The van der Waals surface area contributed by atoms with Gasteiger partial charge in [-0.1, -0.05) is 19.1 Å². The van der Waals surface area contributed by atoms with Crippen molar-refractivity contribution in [1.82, 2.24) is 0 Å². The molecule has 5 heteroatoms. The summed E-state index contributed by atoms with van der Waals surface area (Å²) in [6.07, 6.45) is 0.818. The molecule has 1 aromatic carbocycles. The van der Waals surface area contributed by atoms with E-state index in [4.69, 9.17) is 11.6 Å². The van der Waals surface area contributed by atoms with Crippen LogP contribution in [0.4, 0.5) is 5.69 Å². The molecule has 1 atom stereocenters. The van der Waals surface area contributed by atoms with Crippen molar-refractivity contribution >= 4 is 27.1 Å². The summed E-state index contributed by atoms with van der Waals surface area (Å²) in [7, 11) is -1.29. The number of halogens is 1. The molecule has 0 saturated carbocycles. The molecule has 0 saturated heterocycles. The topological polar surface area (TPSA) is 37.4 Å². The minimum Gasteiger partial charge on any atom is -0.373 e. The molecule has 0 heterocycles. The maximum absolute atomic E-state index is 12.0. The van der Waals surface area contributed by atoms with E-state index in [1.807, 2.05) is 31.0 Å². The van der Waals surface area contributed by atoms with Crippen LogP contribution in [0.3, 0.4) is 0 Å². The van der Waals surface area contributed by atoms with Crippen LogP contribution in [0.5, 0.6) is 0 Å². The van der Waals surface area contributed by atoms with E-state index in [1.54, 1.807) is 19.1 Å². The molecule has 3 nitrogen and oxygen atoms in total. The normalized spacial score (nSPS) is 13.3. The summed E-state index contributed by atoms with van der Waals surface area (Å²) in [4.78, 5) is 2.35. The number of benzene rings is 1. The summed E-state index contributed by atoms with van der Waals surface area (Å²) < 4.78 is 24.0. The smallest absolute Gasteiger partial charge is 0.180 e. The highest BCUT2D eigenvalue weighted by Gasteiger charge is 2.18. The molecule has 0 radical (unpaired) electrons. The molecule has 0 aliphatic heterocycles. The molecule has 18 heavy (non-hydrogen) atoms. The van der Waals surface area contributed by atoms with Gasteiger partial charge < -0.3 is 4.90 Å². The second kappa shape index (κ2) is 6.43. The van der Waals surface area contributed by atoms with E-state index >= 15 is 0 Å². The number of anilines is 1. The molecular formula is C13H20ClNO2S. The second-order valence-corrected chi connectivity index (χ2v) is 7.35. The van der Waals surface area contributed by atoms with Gasteiger partial charge in [0.05, 0.1) is 16.3 Å². The van der Waals surface area contributed by atoms with Gasteiger partial charge in [0, 0.05) is 19.0 Å². The summed E-state index contributed by atoms with van der Waals surface area (Å²) in [5.41, 5.74) is 0.747. The van der Waals surface area contributed by atoms with Crippen molar-refractivity contribution in [1.29, 1.82) is 0 Å². The van der Waals surface area contributed by atoms with Crippen LogP contribution >= 0.6 is 11.6 Å². The van der Waals surface area contributed by atoms with Crippen LogP contribution in [0.25, 0.3) is 0 Å². The largest absolute Gasteiger partial charge is 0.373 e. The van der Waals surface area contributed by atoms with E-state index in [0.29, 0.717) is 4.90 Å². The average molecular weight is 290 g/mol. The van der Waals surface area contributed by atoms with Crippen LogP contribution in [-0.2, 0) is 9.84 Å². The molecule has 0 N–H and O–H groups in total. The molecule has 0 aliphatic rings. The lowest BCUT2D eigenvalue weighted by atomic mass is 10.2. The average Bonchev–Trinajstić information content (AvgIpc) is 2.36. The van der Waals surface area contributed by atoms with E-state index in [0.717, 1.165) is 18.7 Å². The molecule has 0 amide bonds. The van der Waals surface area contributed by atoms with Crippen molar-refractivity contribution in [2.75, 3.05) is 24.2 Å². The van der Waals surface area contributed by atoms with Crippen LogP contribution in [-0.4, -0.2) is 33.1 Å². The summed E-state index contributed by atoms with van der Waals surface area (Å²) in [5.74, 6) is 0.115. The quantitative estimate of drug-likeness (QED) is 0.756. The third-order valence-electron chi connectivity index (χ3n) is 2.85. The Balaban J connectivity index is 3.02. The van der Waals surface area contributed by atoms with Gasteiger partial charge in [-0.15, -0.1) is 11.6 Å². The van der Waals surface area contributed by atoms with Gasteiger partial charge in [-0.3, -0.25) is 0 Å². The fourth-order valence-corrected chi connectivity index (χ4v) is 2.92. The zero-order valence-electron chi connectivity index (χ0n) is 11.1. The van der Waals surface area contributed by atoms with Gasteiger partial charge in [-0.05, 0) is 25.5 Å². The minimum absolute atomic E-state index is 0.0856. The lowest BCUT2D eigenvalue weighted by Crippen LogP contribution is -2.23. The molecule has 0 aromatic heterocycles. The standard InChI is InChI=1S/C13H20ClNO2S/c1-4-18(16,17)13-8-6-5-7-12(13)15(3)10-9-11(2)14/h5-8,11H,4,9-10H2,1-3H3. The highest BCUT2D eigenvalue weighted by atomic mass is 35.5. The SMILES string of the molecule is CCS(=O)(=O)c1ccccc1N(C)CCC(C)Cl. The van der Waals surface area contributed by atoms with Crippen molar-refractivity contribution in [3.8, 4) is 0 Å². The molecule has 1 aromatic rings. The Kier molecular flexibility index (Phi) is 5.47. The number of sulfone groups is 1. The first kappa shape index (κ1) is 15.3. The molecule has 0 spiro atoms. The first-order valence-electron chi connectivity index (χ1n) is 6.05. The lowest BCUT2D eigenvalue weighted by molar-refractivity contribution is 0.597. The van der Waals surface area contributed by atoms with Crippen molar-refractivity contribution in [2.24, 2.45) is 0 Å². The van der Waals surface area contributed by atoms with Gasteiger partial charge in [0.2, 0.25) is 0 Å². The van der Waals surface area contributed by atoms with Crippen LogP contribution in [0.15, 0.2) is 29.2 Å². The van der Waals surface area contributed by atoms with Crippen molar-refractivity contribution < 1.29 is 8.42 Å². The molecule has 0 bridgehead atoms. The molecule has 1 unspecified atom stereocenters. The molecule has 102 valence electrons. The Hall–Kier alpha value is -0.740. The fraction of sp³-hybridized carbons (Fsp3) is 0.538. The van der Waals surface area contributed by atoms with E-state index in [2.05, 4.69) is 0 Å². The number of alkyl halides is 1. The third kappa shape index (κ3) is 3.89. The summed E-state index contributed by atoms with van der Waals surface area (Å²) in [6, 6.07) is 7.10. The van der Waals surface area contributed by atoms with E-state index in [1.165, 1.54) is 0 Å². The van der Waals surface area contributed by atoms with Crippen LogP contribution in [0, 0.1) is 0 Å². The molecular weight excluding hydrogens is 270 g/mol. The van der Waals surface area contributed by atoms with E-state index in [9.17, 15) is 8.42 Å². The monoisotopic (exact) mass is 289 g/mol. The lowest BCUT2D eigenvalue weighted by Gasteiger charge is -2.22. The maximum Gasteiger partial charge on any atom is 0.180 e. The minimum atomic E-state index is -3.19. The Morgan fingerprint density at radius 2 is 1.94 bits per heavy atom. The first-order valence-corrected chi connectivity index (χ1v) is 8.14. The molecule has 0 fully saturated rings.